The maximum absolute atomic E-state index is 13.3. The molecule has 4 heterocycles. The van der Waals surface area contributed by atoms with E-state index in [1.54, 1.807) is 51.1 Å². The first-order chi connectivity index (χ1) is 24.8. The van der Waals surface area contributed by atoms with Crippen molar-refractivity contribution in [2.24, 2.45) is 0 Å². The quantitative estimate of drug-likeness (QED) is 0.148. The van der Waals surface area contributed by atoms with Gasteiger partial charge >= 0.3 is 0 Å². The summed E-state index contributed by atoms with van der Waals surface area (Å²) in [5, 5.41) is 1.67. The summed E-state index contributed by atoms with van der Waals surface area (Å²) in [4.78, 5) is 37.5. The van der Waals surface area contributed by atoms with E-state index in [4.69, 9.17) is 18.9 Å². The van der Waals surface area contributed by atoms with Gasteiger partial charge in [-0.05, 0) is 68.8 Å². The lowest BCUT2D eigenvalue weighted by molar-refractivity contribution is 0.0606. The molecule has 2 saturated heterocycles. The fraction of sp³-hybridized carbons (Fsp3) is 0.436. The Hall–Kier alpha value is -3.52. The summed E-state index contributed by atoms with van der Waals surface area (Å²) in [6, 6.07) is 15.6. The number of piperazine rings is 2. The Bertz CT molecular complexity index is 1680. The molecular formula is C39H50Cl2N4O6S2. The summed E-state index contributed by atoms with van der Waals surface area (Å²) in [6.07, 6.45) is 1.07. The van der Waals surface area contributed by atoms with E-state index in [-0.39, 0.29) is 36.6 Å². The minimum Gasteiger partial charge on any atom is -0.495 e. The number of ether oxygens (including phenoxy) is 4. The van der Waals surface area contributed by atoms with Crippen LogP contribution in [0, 0.1) is 13.8 Å². The zero-order valence-electron chi connectivity index (χ0n) is 31.3. The molecule has 2 fully saturated rings. The molecule has 2 amide bonds. The van der Waals surface area contributed by atoms with Crippen molar-refractivity contribution in [3.05, 3.63) is 70.8 Å². The van der Waals surface area contributed by atoms with Gasteiger partial charge in [-0.15, -0.1) is 24.8 Å². The lowest BCUT2D eigenvalue weighted by atomic mass is 10.1. The van der Waals surface area contributed by atoms with E-state index in [1.807, 2.05) is 72.2 Å². The van der Waals surface area contributed by atoms with Crippen molar-refractivity contribution in [3.63, 3.8) is 0 Å². The highest BCUT2D eigenvalue weighted by molar-refractivity contribution is 7.18. The summed E-state index contributed by atoms with van der Waals surface area (Å²) < 4.78 is 22.3. The van der Waals surface area contributed by atoms with Gasteiger partial charge in [-0.3, -0.25) is 19.4 Å². The van der Waals surface area contributed by atoms with Crippen LogP contribution >= 0.6 is 47.5 Å². The van der Waals surface area contributed by atoms with Gasteiger partial charge in [0.05, 0.1) is 38.2 Å². The smallest absolute Gasteiger partial charge is 0.253 e. The van der Waals surface area contributed by atoms with E-state index in [0.29, 0.717) is 11.1 Å². The molecule has 288 valence electrons. The van der Waals surface area contributed by atoms with Gasteiger partial charge < -0.3 is 28.7 Å². The van der Waals surface area contributed by atoms with Crippen LogP contribution in [0.1, 0.15) is 38.3 Å². The van der Waals surface area contributed by atoms with Crippen molar-refractivity contribution >= 4 is 59.3 Å². The molecule has 2 aromatic heterocycles. The molecule has 0 radical (unpaired) electrons. The number of halogens is 2. The number of carbonyl (C=O) groups excluding carboxylic acids is 2. The number of carbonyl (C=O) groups is 2. The first-order valence-electron chi connectivity index (χ1n) is 17.4. The van der Waals surface area contributed by atoms with E-state index in [0.717, 1.165) is 126 Å². The normalized spacial score (nSPS) is 15.0. The molecule has 14 heteroatoms. The first kappa shape index (κ1) is 42.2. The van der Waals surface area contributed by atoms with Crippen molar-refractivity contribution in [2.45, 2.75) is 20.3 Å². The number of thiophene rings is 2. The average molecular weight is 806 g/mol. The van der Waals surface area contributed by atoms with Gasteiger partial charge in [-0.25, -0.2) is 0 Å². The van der Waals surface area contributed by atoms with Crippen LogP contribution in [-0.4, -0.2) is 125 Å². The monoisotopic (exact) mass is 804 g/mol. The standard InChI is InChI=1S/C39H48N4O6S2.2ClH/c1-26-32(46-3)34(50-38(26)48-5)28-8-12-30(13-9-28)36(44)42-22-18-40(19-23-42)16-7-17-41-20-24-43(25-21-41)37(45)31-14-10-29(11-15-31)35-33(47-4)27(2)39(49-6)51-35;;/h8-15H,7,16-25H2,1-6H3;2*1H. The highest BCUT2D eigenvalue weighted by Crippen LogP contribution is 2.47. The summed E-state index contributed by atoms with van der Waals surface area (Å²) in [5.41, 5.74) is 5.40. The third kappa shape index (κ3) is 9.24. The molecule has 0 aliphatic carbocycles. The molecule has 0 unspecified atom stereocenters. The molecule has 0 saturated carbocycles. The van der Waals surface area contributed by atoms with Crippen LogP contribution in [0.15, 0.2) is 48.5 Å². The van der Waals surface area contributed by atoms with Crippen LogP contribution in [0.4, 0.5) is 0 Å². The molecule has 0 N–H and O–H groups in total. The molecule has 0 bridgehead atoms. The maximum atomic E-state index is 13.3. The second kappa shape index (κ2) is 19.2. The van der Waals surface area contributed by atoms with Crippen LogP contribution in [0.2, 0.25) is 0 Å². The Labute approximate surface area is 333 Å². The first-order valence-corrected chi connectivity index (χ1v) is 19.1. The van der Waals surface area contributed by atoms with E-state index < -0.39 is 0 Å². The zero-order chi connectivity index (χ0) is 36.1. The number of methoxy groups -OCH3 is 4. The van der Waals surface area contributed by atoms with Crippen molar-refractivity contribution in [2.75, 3.05) is 93.9 Å². The SMILES string of the molecule is COc1sc(-c2ccc(C(=O)N3CCN(CCCN4CCN(C(=O)c5ccc(-c6sc(OC)c(C)c6OC)cc5)CC4)CC3)cc2)c(OC)c1C.Cl.Cl. The highest BCUT2D eigenvalue weighted by atomic mass is 35.5. The third-order valence-electron chi connectivity index (χ3n) is 9.93. The predicted molar refractivity (Wildman–Crippen MR) is 219 cm³/mol. The Morgan fingerprint density at radius 1 is 0.547 bits per heavy atom. The average Bonchev–Trinajstić information content (AvgIpc) is 3.69. The van der Waals surface area contributed by atoms with Crippen molar-refractivity contribution < 1.29 is 28.5 Å². The van der Waals surface area contributed by atoms with Crippen LogP contribution in [0.5, 0.6) is 21.6 Å². The van der Waals surface area contributed by atoms with Crippen molar-refractivity contribution in [3.8, 4) is 42.5 Å². The Morgan fingerprint density at radius 2 is 0.887 bits per heavy atom. The van der Waals surface area contributed by atoms with Gasteiger partial charge in [-0.2, -0.15) is 0 Å². The van der Waals surface area contributed by atoms with E-state index in [9.17, 15) is 9.59 Å². The molecule has 10 nitrogen and oxygen atoms in total. The second-order valence-corrected chi connectivity index (χ2v) is 14.9. The fourth-order valence-corrected chi connectivity index (χ4v) is 9.17. The van der Waals surface area contributed by atoms with E-state index in [2.05, 4.69) is 9.80 Å². The molecule has 2 aliphatic rings. The van der Waals surface area contributed by atoms with Crippen LogP contribution in [0.3, 0.4) is 0 Å². The topological polar surface area (TPSA) is 84.0 Å². The molecule has 0 spiro atoms. The van der Waals surface area contributed by atoms with Crippen LogP contribution in [0.25, 0.3) is 20.9 Å². The zero-order valence-corrected chi connectivity index (χ0v) is 34.5. The summed E-state index contributed by atoms with van der Waals surface area (Å²) >= 11 is 3.10. The third-order valence-corrected chi connectivity index (χ3v) is 12.5. The minimum absolute atomic E-state index is 0. The Kier molecular flexibility index (Phi) is 15.3. The summed E-state index contributed by atoms with van der Waals surface area (Å²) in [7, 11) is 6.68. The van der Waals surface area contributed by atoms with Crippen LogP contribution < -0.4 is 18.9 Å². The van der Waals surface area contributed by atoms with Crippen molar-refractivity contribution in [1.29, 1.82) is 0 Å². The molecular weight excluding hydrogens is 755 g/mol. The number of nitrogens with zero attached hydrogens (tertiary/aromatic N) is 4. The van der Waals surface area contributed by atoms with E-state index >= 15 is 0 Å². The number of hydrogen-bond donors (Lipinski definition) is 0. The molecule has 53 heavy (non-hydrogen) atoms. The lowest BCUT2D eigenvalue weighted by Gasteiger charge is -2.37. The summed E-state index contributed by atoms with van der Waals surface area (Å²) in [6.45, 7) is 12.4. The molecule has 0 atom stereocenters. The van der Waals surface area contributed by atoms with Gasteiger partial charge in [0.1, 0.15) is 11.5 Å². The van der Waals surface area contributed by atoms with Gasteiger partial charge in [0.25, 0.3) is 11.8 Å². The Balaban J connectivity index is 0.00000314. The summed E-state index contributed by atoms with van der Waals surface area (Å²) in [5.74, 6) is 1.79. The molecule has 4 aromatic rings. The van der Waals surface area contributed by atoms with Gasteiger partial charge in [0.15, 0.2) is 10.1 Å². The largest absolute Gasteiger partial charge is 0.495 e. The van der Waals surface area contributed by atoms with Gasteiger partial charge in [0.2, 0.25) is 0 Å². The fourth-order valence-electron chi connectivity index (χ4n) is 6.98. The van der Waals surface area contributed by atoms with Crippen molar-refractivity contribution in [1.82, 2.24) is 19.6 Å². The second-order valence-electron chi connectivity index (χ2n) is 12.9. The van der Waals surface area contributed by atoms with E-state index in [1.165, 1.54) is 0 Å². The Morgan fingerprint density at radius 3 is 1.19 bits per heavy atom. The predicted octanol–water partition coefficient (Wildman–Crippen LogP) is 7.24. The molecule has 2 aromatic carbocycles. The van der Waals surface area contributed by atoms with Crippen LogP contribution in [-0.2, 0) is 0 Å². The minimum atomic E-state index is 0. The number of rotatable bonds is 12. The highest BCUT2D eigenvalue weighted by Gasteiger charge is 2.25. The van der Waals surface area contributed by atoms with Gasteiger partial charge in [0, 0.05) is 74.6 Å². The number of benzene rings is 2. The number of hydrogen-bond acceptors (Lipinski definition) is 10. The van der Waals surface area contributed by atoms with Gasteiger partial charge in [-0.1, -0.05) is 46.9 Å². The maximum Gasteiger partial charge on any atom is 0.253 e. The molecule has 2 aliphatic heterocycles. The molecule has 6 rings (SSSR count). The number of amides is 2. The lowest BCUT2D eigenvalue weighted by Crippen LogP contribution is -2.50.